The second kappa shape index (κ2) is 8.43. The fraction of sp³-hybridized carbons (Fsp3) is 0.188. The lowest BCUT2D eigenvalue weighted by Crippen LogP contribution is -2.14. The Morgan fingerprint density at radius 2 is 1.96 bits per heavy atom. The van der Waals surface area contributed by atoms with Gasteiger partial charge in [0.25, 0.3) is 0 Å². The molecule has 0 aromatic heterocycles. The summed E-state index contributed by atoms with van der Waals surface area (Å²) >= 11 is 13.3. The van der Waals surface area contributed by atoms with Crippen LogP contribution in [0.4, 0.5) is 10.1 Å². The van der Waals surface area contributed by atoms with Crippen LogP contribution in [0, 0.1) is 5.82 Å². The van der Waals surface area contributed by atoms with E-state index in [1.165, 1.54) is 31.0 Å². The average molecular weight is 374 g/mol. The summed E-state index contributed by atoms with van der Waals surface area (Å²) in [6.07, 6.45) is 0. The summed E-state index contributed by atoms with van der Waals surface area (Å²) in [5.74, 6) is 0.647. The molecule has 0 radical (unpaired) electrons. The molecule has 1 amide bonds. The Hall–Kier alpha value is -1.43. The first-order valence-corrected chi connectivity index (χ1v) is 8.56. The van der Waals surface area contributed by atoms with E-state index < -0.39 is 0 Å². The number of carbonyl (C=O) groups is 1. The van der Waals surface area contributed by atoms with E-state index in [1.54, 1.807) is 24.3 Å². The highest BCUT2D eigenvalue weighted by atomic mass is 35.5. The minimum atomic E-state index is -0.339. The van der Waals surface area contributed by atoms with Gasteiger partial charge < -0.3 is 10.1 Å². The largest absolute Gasteiger partial charge is 0.496 e. The van der Waals surface area contributed by atoms with E-state index in [4.69, 9.17) is 27.9 Å². The van der Waals surface area contributed by atoms with Crippen molar-refractivity contribution in [2.24, 2.45) is 0 Å². The zero-order valence-electron chi connectivity index (χ0n) is 12.2. The molecule has 0 bridgehead atoms. The molecule has 0 atom stereocenters. The zero-order chi connectivity index (χ0) is 16.8. The molecule has 0 saturated carbocycles. The third-order valence-electron chi connectivity index (χ3n) is 2.96. The number of nitrogens with one attached hydrogen (secondary N) is 1. The van der Waals surface area contributed by atoms with Crippen LogP contribution in [-0.2, 0) is 10.5 Å². The van der Waals surface area contributed by atoms with E-state index in [2.05, 4.69) is 5.32 Å². The first kappa shape index (κ1) is 17.9. The molecule has 23 heavy (non-hydrogen) atoms. The topological polar surface area (TPSA) is 38.3 Å². The number of hydrogen-bond acceptors (Lipinski definition) is 3. The number of hydrogen-bond donors (Lipinski definition) is 1. The van der Waals surface area contributed by atoms with Crippen LogP contribution < -0.4 is 10.1 Å². The molecule has 122 valence electrons. The number of methoxy groups -OCH3 is 1. The summed E-state index contributed by atoms with van der Waals surface area (Å²) in [5.41, 5.74) is 1.09. The molecule has 0 fully saturated rings. The number of para-hydroxylation sites is 1. The van der Waals surface area contributed by atoms with Crippen LogP contribution in [0.15, 0.2) is 36.4 Å². The second-order valence-corrected chi connectivity index (χ2v) is 6.39. The second-order valence-electron chi connectivity index (χ2n) is 4.59. The molecule has 2 rings (SSSR count). The average Bonchev–Trinajstić information content (AvgIpc) is 2.51. The SMILES string of the molecule is COc1ccc(F)cc1CSCC(=O)Nc1c(Cl)cccc1Cl. The van der Waals surface area contributed by atoms with Gasteiger partial charge in [0, 0.05) is 11.3 Å². The molecule has 0 aliphatic heterocycles. The number of ether oxygens (including phenoxy) is 1. The van der Waals surface area contributed by atoms with Crippen LogP contribution in [0.5, 0.6) is 5.75 Å². The Morgan fingerprint density at radius 3 is 2.61 bits per heavy atom. The van der Waals surface area contributed by atoms with Gasteiger partial charge >= 0.3 is 0 Å². The Morgan fingerprint density at radius 1 is 1.26 bits per heavy atom. The van der Waals surface area contributed by atoms with Crippen molar-refractivity contribution >= 4 is 46.6 Å². The van der Waals surface area contributed by atoms with Gasteiger partial charge in [0.05, 0.1) is 28.6 Å². The van der Waals surface area contributed by atoms with Crippen LogP contribution in [0.2, 0.25) is 10.0 Å². The molecule has 0 aliphatic carbocycles. The highest BCUT2D eigenvalue weighted by Gasteiger charge is 2.11. The monoisotopic (exact) mass is 373 g/mol. The Labute approximate surface area is 148 Å². The van der Waals surface area contributed by atoms with Gasteiger partial charge in [-0.25, -0.2) is 4.39 Å². The minimum Gasteiger partial charge on any atom is -0.496 e. The van der Waals surface area contributed by atoms with Crippen molar-refractivity contribution < 1.29 is 13.9 Å². The van der Waals surface area contributed by atoms with E-state index in [9.17, 15) is 9.18 Å². The van der Waals surface area contributed by atoms with E-state index in [0.717, 1.165) is 0 Å². The summed E-state index contributed by atoms with van der Waals surface area (Å²) < 4.78 is 18.4. The lowest BCUT2D eigenvalue weighted by atomic mass is 10.2. The van der Waals surface area contributed by atoms with Gasteiger partial charge in [-0.1, -0.05) is 29.3 Å². The third kappa shape index (κ3) is 5.03. The molecular formula is C16H14Cl2FNO2S. The molecular weight excluding hydrogens is 360 g/mol. The van der Waals surface area contributed by atoms with Gasteiger partial charge in [-0.2, -0.15) is 0 Å². The molecule has 0 spiro atoms. The van der Waals surface area contributed by atoms with Crippen molar-refractivity contribution in [3.8, 4) is 5.75 Å². The van der Waals surface area contributed by atoms with Crippen LogP contribution in [0.1, 0.15) is 5.56 Å². The van der Waals surface area contributed by atoms with Crippen LogP contribution in [0.25, 0.3) is 0 Å². The summed E-state index contributed by atoms with van der Waals surface area (Å²) in [4.78, 5) is 12.0. The lowest BCUT2D eigenvalue weighted by molar-refractivity contribution is -0.113. The number of benzene rings is 2. The molecule has 1 N–H and O–H groups in total. The number of carbonyl (C=O) groups excluding carboxylic acids is 1. The van der Waals surface area contributed by atoms with Crippen LogP contribution in [0.3, 0.4) is 0 Å². The maximum atomic E-state index is 13.3. The number of rotatable bonds is 6. The fourth-order valence-electron chi connectivity index (χ4n) is 1.91. The fourth-order valence-corrected chi connectivity index (χ4v) is 3.20. The highest BCUT2D eigenvalue weighted by molar-refractivity contribution is 7.99. The number of anilines is 1. The van der Waals surface area contributed by atoms with Crippen LogP contribution in [-0.4, -0.2) is 18.8 Å². The summed E-state index contributed by atoms with van der Waals surface area (Å²) in [5, 5.41) is 3.43. The summed E-state index contributed by atoms with van der Waals surface area (Å²) in [6, 6.07) is 9.29. The highest BCUT2D eigenvalue weighted by Crippen LogP contribution is 2.30. The van der Waals surface area contributed by atoms with Crippen molar-refractivity contribution in [1.29, 1.82) is 0 Å². The molecule has 0 aliphatic rings. The molecule has 3 nitrogen and oxygen atoms in total. The van der Waals surface area contributed by atoms with Crippen molar-refractivity contribution in [1.82, 2.24) is 0 Å². The molecule has 2 aromatic carbocycles. The third-order valence-corrected chi connectivity index (χ3v) is 4.57. The summed E-state index contributed by atoms with van der Waals surface area (Å²) in [6.45, 7) is 0. The minimum absolute atomic E-state index is 0.182. The smallest absolute Gasteiger partial charge is 0.234 e. The standard InChI is InChI=1S/C16H14Cl2FNO2S/c1-22-14-6-5-11(19)7-10(14)8-23-9-15(21)20-16-12(17)3-2-4-13(16)18/h2-7H,8-9H2,1H3,(H,20,21). The van der Waals surface area contributed by atoms with Crippen molar-refractivity contribution in [3.05, 3.63) is 57.8 Å². The summed E-state index contributed by atoms with van der Waals surface area (Å²) in [7, 11) is 1.52. The Balaban J connectivity index is 1.92. The molecule has 2 aromatic rings. The maximum Gasteiger partial charge on any atom is 0.234 e. The Bertz CT molecular complexity index is 692. The van der Waals surface area contributed by atoms with E-state index in [1.807, 2.05) is 0 Å². The van der Waals surface area contributed by atoms with E-state index in [0.29, 0.717) is 32.8 Å². The predicted octanol–water partition coefficient (Wildman–Crippen LogP) is 5.01. The van der Waals surface area contributed by atoms with Crippen molar-refractivity contribution in [3.63, 3.8) is 0 Å². The van der Waals surface area contributed by atoms with Gasteiger partial charge in [0.15, 0.2) is 0 Å². The lowest BCUT2D eigenvalue weighted by Gasteiger charge is -2.10. The quantitative estimate of drug-likeness (QED) is 0.772. The van der Waals surface area contributed by atoms with Crippen LogP contribution >= 0.6 is 35.0 Å². The molecule has 0 heterocycles. The van der Waals surface area contributed by atoms with E-state index >= 15 is 0 Å². The molecule has 0 unspecified atom stereocenters. The zero-order valence-corrected chi connectivity index (χ0v) is 14.6. The number of halogens is 3. The first-order valence-electron chi connectivity index (χ1n) is 6.65. The number of thioether (sulfide) groups is 1. The van der Waals surface area contributed by atoms with Crippen molar-refractivity contribution in [2.75, 3.05) is 18.2 Å². The Kier molecular flexibility index (Phi) is 6.57. The van der Waals surface area contributed by atoms with Gasteiger partial charge in [-0.05, 0) is 30.3 Å². The van der Waals surface area contributed by atoms with Gasteiger partial charge in [0.1, 0.15) is 11.6 Å². The first-order chi connectivity index (χ1) is 11.0. The van der Waals surface area contributed by atoms with E-state index in [-0.39, 0.29) is 17.5 Å². The number of amides is 1. The predicted molar refractivity (Wildman–Crippen MR) is 94.2 cm³/mol. The maximum absolute atomic E-state index is 13.3. The normalized spacial score (nSPS) is 10.4. The van der Waals surface area contributed by atoms with Gasteiger partial charge in [0.2, 0.25) is 5.91 Å². The van der Waals surface area contributed by atoms with Gasteiger partial charge in [-0.15, -0.1) is 11.8 Å². The van der Waals surface area contributed by atoms with Crippen molar-refractivity contribution in [2.45, 2.75) is 5.75 Å². The molecule has 0 saturated heterocycles. The molecule has 7 heteroatoms. The van der Waals surface area contributed by atoms with Gasteiger partial charge in [-0.3, -0.25) is 4.79 Å².